The van der Waals surface area contributed by atoms with E-state index in [1.165, 1.54) is 30.4 Å². The first-order valence-electron chi connectivity index (χ1n) is 6.34. The second kappa shape index (κ2) is 3.99. The summed E-state index contributed by atoms with van der Waals surface area (Å²) >= 11 is 3.61. The molecule has 1 heterocycles. The Morgan fingerprint density at radius 2 is 2.24 bits per heavy atom. The molecule has 0 aromatic heterocycles. The summed E-state index contributed by atoms with van der Waals surface area (Å²) in [4.78, 5) is 0. The molecule has 1 aromatic rings. The smallest absolute Gasteiger partial charge is 0.126 e. The van der Waals surface area contributed by atoms with E-state index in [9.17, 15) is 0 Å². The van der Waals surface area contributed by atoms with E-state index in [0.29, 0.717) is 6.10 Å². The van der Waals surface area contributed by atoms with E-state index in [0.717, 1.165) is 23.2 Å². The van der Waals surface area contributed by atoms with Gasteiger partial charge in [0, 0.05) is 28.4 Å². The summed E-state index contributed by atoms with van der Waals surface area (Å²) in [5, 5.41) is 0. The molecule has 2 nitrogen and oxygen atoms in total. The van der Waals surface area contributed by atoms with E-state index < -0.39 is 0 Å². The molecule has 17 heavy (non-hydrogen) atoms. The molecule has 0 spiro atoms. The fraction of sp³-hybridized carbons (Fsp3) is 0.571. The van der Waals surface area contributed by atoms with Crippen LogP contribution in [0.3, 0.4) is 0 Å². The van der Waals surface area contributed by atoms with Crippen LogP contribution in [0.15, 0.2) is 16.6 Å². The SMILES string of the molecule is CC1Cc2cc(Br)cc(C3(CN)CCC3)c2O1. The Kier molecular flexibility index (Phi) is 2.71. The first-order chi connectivity index (χ1) is 8.14. The third-order valence-electron chi connectivity index (χ3n) is 4.23. The van der Waals surface area contributed by atoms with Crippen LogP contribution in [0.25, 0.3) is 0 Å². The molecule has 1 fully saturated rings. The summed E-state index contributed by atoms with van der Waals surface area (Å²) in [6.07, 6.45) is 5.00. The van der Waals surface area contributed by atoms with Gasteiger partial charge in [-0.2, -0.15) is 0 Å². The van der Waals surface area contributed by atoms with Gasteiger partial charge in [-0.05, 0) is 37.5 Å². The number of fused-ring (bicyclic) bond motifs is 1. The van der Waals surface area contributed by atoms with Crippen molar-refractivity contribution >= 4 is 15.9 Å². The van der Waals surface area contributed by atoms with Crippen molar-refractivity contribution in [3.05, 3.63) is 27.7 Å². The maximum absolute atomic E-state index is 6.01. The first-order valence-corrected chi connectivity index (χ1v) is 7.13. The molecule has 1 atom stereocenters. The van der Waals surface area contributed by atoms with Crippen LogP contribution in [0.1, 0.15) is 37.3 Å². The van der Waals surface area contributed by atoms with Crippen molar-refractivity contribution < 1.29 is 4.74 Å². The summed E-state index contributed by atoms with van der Waals surface area (Å²) < 4.78 is 7.16. The number of ether oxygens (including phenoxy) is 1. The predicted molar refractivity (Wildman–Crippen MR) is 72.5 cm³/mol. The minimum Gasteiger partial charge on any atom is -0.490 e. The maximum Gasteiger partial charge on any atom is 0.126 e. The Hall–Kier alpha value is -0.540. The molecule has 2 aliphatic rings. The normalized spacial score (nSPS) is 25.0. The quantitative estimate of drug-likeness (QED) is 0.910. The Morgan fingerprint density at radius 1 is 1.47 bits per heavy atom. The zero-order valence-electron chi connectivity index (χ0n) is 10.1. The second-order valence-electron chi connectivity index (χ2n) is 5.41. The van der Waals surface area contributed by atoms with Crippen LogP contribution in [-0.2, 0) is 11.8 Å². The highest BCUT2D eigenvalue weighted by Crippen LogP contribution is 2.49. The van der Waals surface area contributed by atoms with E-state index in [2.05, 4.69) is 35.0 Å². The van der Waals surface area contributed by atoms with Crippen LogP contribution in [0, 0.1) is 0 Å². The average molecular weight is 296 g/mol. The van der Waals surface area contributed by atoms with Gasteiger partial charge in [-0.3, -0.25) is 0 Å². The highest BCUT2D eigenvalue weighted by Gasteiger charge is 2.41. The summed E-state index contributed by atoms with van der Waals surface area (Å²) in [6.45, 7) is 2.86. The molecule has 0 saturated heterocycles. The van der Waals surface area contributed by atoms with E-state index in [1.54, 1.807) is 0 Å². The number of hydrogen-bond acceptors (Lipinski definition) is 2. The zero-order valence-corrected chi connectivity index (χ0v) is 11.7. The van der Waals surface area contributed by atoms with Crippen LogP contribution >= 0.6 is 15.9 Å². The monoisotopic (exact) mass is 295 g/mol. The topological polar surface area (TPSA) is 35.2 Å². The molecule has 1 aromatic carbocycles. The average Bonchev–Trinajstić information content (AvgIpc) is 2.57. The summed E-state index contributed by atoms with van der Waals surface area (Å²) in [5.74, 6) is 1.12. The fourth-order valence-corrected chi connectivity index (χ4v) is 3.58. The number of hydrogen-bond donors (Lipinski definition) is 1. The third kappa shape index (κ3) is 1.71. The molecule has 1 aliphatic heterocycles. The van der Waals surface area contributed by atoms with Crippen molar-refractivity contribution in [2.45, 2.75) is 44.1 Å². The van der Waals surface area contributed by atoms with Gasteiger partial charge in [0.05, 0.1) is 0 Å². The van der Waals surface area contributed by atoms with Gasteiger partial charge in [-0.15, -0.1) is 0 Å². The lowest BCUT2D eigenvalue weighted by Gasteiger charge is -2.42. The van der Waals surface area contributed by atoms with Crippen molar-refractivity contribution in [3.63, 3.8) is 0 Å². The lowest BCUT2D eigenvalue weighted by Crippen LogP contribution is -2.41. The maximum atomic E-state index is 6.01. The largest absolute Gasteiger partial charge is 0.490 e. The number of nitrogens with two attached hydrogens (primary N) is 1. The van der Waals surface area contributed by atoms with Crippen LogP contribution in [-0.4, -0.2) is 12.6 Å². The molecule has 0 bridgehead atoms. The Labute approximate surface area is 111 Å². The lowest BCUT2D eigenvalue weighted by molar-refractivity contribution is 0.219. The standard InChI is InChI=1S/C14H18BrNO/c1-9-5-10-6-11(15)7-12(13(10)17-9)14(8-16)3-2-4-14/h6-7,9H,2-5,8,16H2,1H3. The zero-order chi connectivity index (χ0) is 12.0. The molecule has 1 unspecified atom stereocenters. The van der Waals surface area contributed by atoms with Gasteiger partial charge in [0.15, 0.2) is 0 Å². The number of rotatable bonds is 2. The molecule has 2 N–H and O–H groups in total. The van der Waals surface area contributed by atoms with Crippen LogP contribution in [0.5, 0.6) is 5.75 Å². The van der Waals surface area contributed by atoms with Gasteiger partial charge in [0.2, 0.25) is 0 Å². The van der Waals surface area contributed by atoms with Gasteiger partial charge in [-0.1, -0.05) is 22.4 Å². The molecule has 1 saturated carbocycles. The molecular formula is C14H18BrNO. The van der Waals surface area contributed by atoms with E-state index in [4.69, 9.17) is 10.5 Å². The number of benzene rings is 1. The minimum absolute atomic E-state index is 0.178. The van der Waals surface area contributed by atoms with Crippen molar-refractivity contribution in [3.8, 4) is 5.75 Å². The van der Waals surface area contributed by atoms with Gasteiger partial charge < -0.3 is 10.5 Å². The number of halogens is 1. The second-order valence-corrected chi connectivity index (χ2v) is 6.33. The fourth-order valence-electron chi connectivity index (χ4n) is 3.07. The summed E-state index contributed by atoms with van der Waals surface area (Å²) in [5.41, 5.74) is 8.86. The van der Waals surface area contributed by atoms with Crippen LogP contribution in [0.2, 0.25) is 0 Å². The van der Waals surface area contributed by atoms with E-state index >= 15 is 0 Å². The predicted octanol–water partition coefficient (Wildman–Crippen LogP) is 3.15. The van der Waals surface area contributed by atoms with E-state index in [-0.39, 0.29) is 5.41 Å². The Morgan fingerprint density at radius 3 is 2.82 bits per heavy atom. The summed E-state index contributed by atoms with van der Waals surface area (Å²) in [6, 6.07) is 4.40. The van der Waals surface area contributed by atoms with Crippen LogP contribution < -0.4 is 10.5 Å². The Balaban J connectivity index is 2.11. The first kappa shape index (κ1) is 11.5. The van der Waals surface area contributed by atoms with Gasteiger partial charge >= 0.3 is 0 Å². The van der Waals surface area contributed by atoms with Crippen molar-refractivity contribution in [2.75, 3.05) is 6.54 Å². The lowest BCUT2D eigenvalue weighted by atomic mass is 9.64. The molecule has 1 aliphatic carbocycles. The van der Waals surface area contributed by atoms with Crippen LogP contribution in [0.4, 0.5) is 0 Å². The molecule has 3 heteroatoms. The van der Waals surface area contributed by atoms with Crippen molar-refractivity contribution in [1.29, 1.82) is 0 Å². The van der Waals surface area contributed by atoms with Gasteiger partial charge in [0.25, 0.3) is 0 Å². The molecular weight excluding hydrogens is 278 g/mol. The molecule has 92 valence electrons. The minimum atomic E-state index is 0.178. The van der Waals surface area contributed by atoms with Crippen molar-refractivity contribution in [2.24, 2.45) is 5.73 Å². The highest BCUT2D eigenvalue weighted by atomic mass is 79.9. The van der Waals surface area contributed by atoms with Crippen molar-refractivity contribution in [1.82, 2.24) is 0 Å². The van der Waals surface area contributed by atoms with Gasteiger partial charge in [0.1, 0.15) is 11.9 Å². The molecule has 0 radical (unpaired) electrons. The molecule has 3 rings (SSSR count). The Bertz CT molecular complexity index is 448. The third-order valence-corrected chi connectivity index (χ3v) is 4.69. The molecule has 0 amide bonds. The van der Waals surface area contributed by atoms with E-state index in [1.807, 2.05) is 0 Å². The highest BCUT2D eigenvalue weighted by molar-refractivity contribution is 9.10. The van der Waals surface area contributed by atoms with Gasteiger partial charge in [-0.25, -0.2) is 0 Å². The summed E-state index contributed by atoms with van der Waals surface area (Å²) in [7, 11) is 0.